The lowest BCUT2D eigenvalue weighted by Gasteiger charge is -2.02. The first kappa shape index (κ1) is 14.7. The van der Waals surface area contributed by atoms with Crippen LogP contribution in [0.2, 0.25) is 0 Å². The molecule has 0 unspecified atom stereocenters. The summed E-state index contributed by atoms with van der Waals surface area (Å²) in [5.41, 5.74) is 6.29. The monoisotopic (exact) mass is 312 g/mol. The normalized spacial score (nSPS) is 10.5. The number of halogens is 1. The van der Waals surface area contributed by atoms with Gasteiger partial charge in [-0.1, -0.05) is 12.1 Å². The largest absolute Gasteiger partial charge is 0.497 e. The molecular weight excluding hydrogens is 299 g/mol. The highest BCUT2D eigenvalue weighted by Crippen LogP contribution is 2.21. The number of nitrogens with two attached hydrogens (primary N) is 1. The summed E-state index contributed by atoms with van der Waals surface area (Å²) in [6, 6.07) is 12.6. The first-order chi connectivity index (χ1) is 11.1. The van der Waals surface area contributed by atoms with E-state index in [0.717, 1.165) is 4.68 Å². The fourth-order valence-electron chi connectivity index (χ4n) is 2.08. The summed E-state index contributed by atoms with van der Waals surface area (Å²) in [5, 5.41) is 4.08. The van der Waals surface area contributed by atoms with Crippen LogP contribution in [0.15, 0.2) is 48.5 Å². The third-order valence-corrected chi connectivity index (χ3v) is 3.28. The molecule has 1 aromatic heterocycles. The summed E-state index contributed by atoms with van der Waals surface area (Å²) >= 11 is 0. The highest BCUT2D eigenvalue weighted by molar-refractivity contribution is 5.97. The fraction of sp³-hybridized carbons (Fsp3) is 0.0625. The molecule has 0 spiro atoms. The minimum Gasteiger partial charge on any atom is -0.497 e. The Bertz CT molecular complexity index is 859. The standard InChI is InChI=1S/C16H13FN4O2/c1-23-11-8-6-10(7-9-11)14-19-16(18)21(20-14)15(22)12-4-2-3-5-13(12)17/h2-9H,1H3,(H2,18,19,20). The van der Waals surface area contributed by atoms with E-state index in [9.17, 15) is 9.18 Å². The van der Waals surface area contributed by atoms with Crippen molar-refractivity contribution in [3.8, 4) is 17.1 Å². The van der Waals surface area contributed by atoms with Crippen molar-refractivity contribution in [2.45, 2.75) is 0 Å². The van der Waals surface area contributed by atoms with Crippen LogP contribution in [0.1, 0.15) is 10.4 Å². The first-order valence-corrected chi connectivity index (χ1v) is 6.76. The van der Waals surface area contributed by atoms with Gasteiger partial charge in [0.2, 0.25) is 5.95 Å². The molecule has 116 valence electrons. The molecular formula is C16H13FN4O2. The van der Waals surface area contributed by atoms with Gasteiger partial charge < -0.3 is 10.5 Å². The van der Waals surface area contributed by atoms with Gasteiger partial charge in [-0.05, 0) is 36.4 Å². The number of nitrogen functional groups attached to an aromatic ring is 1. The van der Waals surface area contributed by atoms with Crippen LogP contribution in [0.4, 0.5) is 10.3 Å². The number of carbonyl (C=O) groups excluding carboxylic acids is 1. The van der Waals surface area contributed by atoms with Gasteiger partial charge in [-0.3, -0.25) is 4.79 Å². The van der Waals surface area contributed by atoms with Crippen molar-refractivity contribution in [3.05, 3.63) is 59.9 Å². The van der Waals surface area contributed by atoms with Crippen LogP contribution in [-0.2, 0) is 0 Å². The van der Waals surface area contributed by atoms with E-state index >= 15 is 0 Å². The molecule has 0 atom stereocenters. The molecule has 1 heterocycles. The van der Waals surface area contributed by atoms with Crippen molar-refractivity contribution >= 4 is 11.9 Å². The maximum atomic E-state index is 13.7. The summed E-state index contributed by atoms with van der Waals surface area (Å²) < 4.78 is 19.7. The van der Waals surface area contributed by atoms with Gasteiger partial charge in [0.1, 0.15) is 11.6 Å². The lowest BCUT2D eigenvalue weighted by molar-refractivity contribution is 0.0944. The van der Waals surface area contributed by atoms with E-state index < -0.39 is 11.7 Å². The van der Waals surface area contributed by atoms with Gasteiger partial charge in [-0.15, -0.1) is 5.10 Å². The molecule has 6 nitrogen and oxygen atoms in total. The van der Waals surface area contributed by atoms with E-state index in [2.05, 4.69) is 10.1 Å². The maximum absolute atomic E-state index is 13.7. The van der Waals surface area contributed by atoms with Crippen LogP contribution < -0.4 is 10.5 Å². The van der Waals surface area contributed by atoms with E-state index in [0.29, 0.717) is 11.3 Å². The van der Waals surface area contributed by atoms with Crippen molar-refractivity contribution in [1.82, 2.24) is 14.8 Å². The number of hydrogen-bond donors (Lipinski definition) is 1. The van der Waals surface area contributed by atoms with E-state index in [1.807, 2.05) is 0 Å². The van der Waals surface area contributed by atoms with Crippen LogP contribution in [0, 0.1) is 5.82 Å². The lowest BCUT2D eigenvalue weighted by Crippen LogP contribution is -2.17. The second-order valence-corrected chi connectivity index (χ2v) is 4.72. The quantitative estimate of drug-likeness (QED) is 0.802. The fourth-order valence-corrected chi connectivity index (χ4v) is 2.08. The predicted octanol–water partition coefficient (Wildman–Crippen LogP) is 2.36. The van der Waals surface area contributed by atoms with Crippen LogP contribution >= 0.6 is 0 Å². The van der Waals surface area contributed by atoms with Gasteiger partial charge in [0, 0.05) is 5.56 Å². The third kappa shape index (κ3) is 2.76. The van der Waals surface area contributed by atoms with E-state index in [1.165, 1.54) is 18.2 Å². The Hall–Kier alpha value is -3.22. The topological polar surface area (TPSA) is 83.0 Å². The number of methoxy groups -OCH3 is 1. The molecule has 0 aliphatic heterocycles. The molecule has 2 N–H and O–H groups in total. The zero-order chi connectivity index (χ0) is 16.4. The summed E-state index contributed by atoms with van der Waals surface area (Å²) in [7, 11) is 1.56. The summed E-state index contributed by atoms with van der Waals surface area (Å²) in [6.45, 7) is 0. The Morgan fingerprint density at radius 3 is 2.52 bits per heavy atom. The minimum atomic E-state index is -0.673. The van der Waals surface area contributed by atoms with Gasteiger partial charge in [0.25, 0.3) is 5.91 Å². The molecule has 3 aromatic rings. The third-order valence-electron chi connectivity index (χ3n) is 3.28. The Labute approximate surface area is 131 Å². The number of benzene rings is 2. The molecule has 0 saturated heterocycles. The number of rotatable bonds is 3. The van der Waals surface area contributed by atoms with E-state index in [1.54, 1.807) is 37.4 Å². The Morgan fingerprint density at radius 1 is 1.17 bits per heavy atom. The molecule has 23 heavy (non-hydrogen) atoms. The molecule has 0 amide bonds. The van der Waals surface area contributed by atoms with E-state index in [-0.39, 0.29) is 17.3 Å². The number of carbonyl (C=O) groups is 1. The Balaban J connectivity index is 1.97. The molecule has 2 aromatic carbocycles. The van der Waals surface area contributed by atoms with Gasteiger partial charge in [0.05, 0.1) is 12.7 Å². The van der Waals surface area contributed by atoms with Crippen LogP contribution in [0.25, 0.3) is 11.4 Å². The SMILES string of the molecule is COc1ccc(-c2nc(N)n(C(=O)c3ccccc3F)n2)cc1. The number of hydrogen-bond acceptors (Lipinski definition) is 5. The van der Waals surface area contributed by atoms with Crippen LogP contribution in [0.5, 0.6) is 5.75 Å². The average molecular weight is 312 g/mol. The maximum Gasteiger partial charge on any atom is 0.284 e. The average Bonchev–Trinajstić information content (AvgIpc) is 2.96. The number of anilines is 1. The lowest BCUT2D eigenvalue weighted by atomic mass is 10.2. The van der Waals surface area contributed by atoms with Gasteiger partial charge >= 0.3 is 0 Å². The number of ether oxygens (including phenoxy) is 1. The molecule has 0 saturated carbocycles. The Kier molecular flexibility index (Phi) is 3.76. The van der Waals surface area contributed by atoms with Crippen molar-refractivity contribution in [3.63, 3.8) is 0 Å². The van der Waals surface area contributed by atoms with Gasteiger partial charge in [0.15, 0.2) is 5.82 Å². The summed E-state index contributed by atoms with van der Waals surface area (Å²) in [4.78, 5) is 16.4. The smallest absolute Gasteiger partial charge is 0.284 e. The molecule has 3 rings (SSSR count). The predicted molar refractivity (Wildman–Crippen MR) is 82.6 cm³/mol. The van der Waals surface area contributed by atoms with E-state index in [4.69, 9.17) is 10.5 Å². The summed E-state index contributed by atoms with van der Waals surface area (Å²) in [5.74, 6) is -0.464. The Morgan fingerprint density at radius 2 is 1.87 bits per heavy atom. The first-order valence-electron chi connectivity index (χ1n) is 6.76. The number of nitrogens with zero attached hydrogens (tertiary/aromatic N) is 3. The highest BCUT2D eigenvalue weighted by Gasteiger charge is 2.19. The zero-order valence-electron chi connectivity index (χ0n) is 12.2. The van der Waals surface area contributed by atoms with Crippen molar-refractivity contribution < 1.29 is 13.9 Å². The second kappa shape index (κ2) is 5.88. The second-order valence-electron chi connectivity index (χ2n) is 4.72. The van der Waals surface area contributed by atoms with Gasteiger partial charge in [-0.2, -0.15) is 9.67 Å². The van der Waals surface area contributed by atoms with Crippen LogP contribution in [0.3, 0.4) is 0 Å². The van der Waals surface area contributed by atoms with Crippen molar-refractivity contribution in [2.75, 3.05) is 12.8 Å². The number of aromatic nitrogens is 3. The van der Waals surface area contributed by atoms with Crippen molar-refractivity contribution in [2.24, 2.45) is 0 Å². The summed E-state index contributed by atoms with van der Waals surface area (Å²) in [6.07, 6.45) is 0. The minimum absolute atomic E-state index is 0.107. The highest BCUT2D eigenvalue weighted by atomic mass is 19.1. The molecule has 7 heteroatoms. The van der Waals surface area contributed by atoms with Crippen LogP contribution in [-0.4, -0.2) is 27.8 Å². The molecule has 0 bridgehead atoms. The van der Waals surface area contributed by atoms with Crippen molar-refractivity contribution in [1.29, 1.82) is 0 Å². The zero-order valence-corrected chi connectivity index (χ0v) is 12.2. The molecule has 0 aliphatic carbocycles. The molecule has 0 fully saturated rings. The van der Waals surface area contributed by atoms with Gasteiger partial charge in [-0.25, -0.2) is 4.39 Å². The molecule has 0 aliphatic rings. The molecule has 0 radical (unpaired) electrons.